The third-order valence-corrected chi connectivity index (χ3v) is 3.07. The molecule has 0 saturated heterocycles. The number of rotatable bonds is 0. The second-order valence-electron chi connectivity index (χ2n) is 3.29. The Hall–Kier alpha value is -1.16. The summed E-state index contributed by atoms with van der Waals surface area (Å²) in [4.78, 5) is 11.7. The molecule has 0 bridgehead atoms. The minimum atomic E-state index is -0.00523. The molecule has 1 aromatic heterocycles. The fourth-order valence-corrected chi connectivity index (χ4v) is 1.69. The number of aryl methyl sites for hydroxylation is 2. The number of aromatic nitrogens is 2. The molecule has 2 rings (SSSR count). The van der Waals surface area contributed by atoms with Crippen LogP contribution in [-0.4, -0.2) is 10.2 Å². The Morgan fingerprint density at radius 1 is 1.36 bits per heavy atom. The van der Waals surface area contributed by atoms with E-state index in [4.69, 9.17) is 0 Å². The van der Waals surface area contributed by atoms with Crippen molar-refractivity contribution in [3.05, 3.63) is 38.1 Å². The van der Waals surface area contributed by atoms with E-state index in [1.54, 1.807) is 6.92 Å². The van der Waals surface area contributed by atoms with E-state index in [1.807, 2.05) is 19.1 Å². The second kappa shape index (κ2) is 3.20. The lowest BCUT2D eigenvalue weighted by Crippen LogP contribution is -2.09. The topological polar surface area (TPSA) is 45.8 Å². The number of fused-ring (bicyclic) bond motifs is 1. The van der Waals surface area contributed by atoms with E-state index < -0.39 is 0 Å². The quantitative estimate of drug-likeness (QED) is 0.782. The third kappa shape index (κ3) is 1.35. The van der Waals surface area contributed by atoms with Crippen LogP contribution in [0.4, 0.5) is 0 Å². The van der Waals surface area contributed by atoms with E-state index >= 15 is 0 Å². The first kappa shape index (κ1) is 9.40. The highest BCUT2D eigenvalue weighted by molar-refractivity contribution is 9.10. The van der Waals surface area contributed by atoms with Crippen LogP contribution in [0, 0.1) is 13.8 Å². The summed E-state index contributed by atoms with van der Waals surface area (Å²) in [6, 6.07) is 3.74. The second-order valence-corrected chi connectivity index (χ2v) is 4.14. The van der Waals surface area contributed by atoms with Gasteiger partial charge in [-0.15, -0.1) is 0 Å². The Kier molecular flexibility index (Phi) is 2.15. The molecule has 0 aliphatic heterocycles. The van der Waals surface area contributed by atoms with Crippen LogP contribution in [0.3, 0.4) is 0 Å². The SMILES string of the molecule is Cc1cc2c(=O)c(C)n[nH]c2cc1Br. The summed E-state index contributed by atoms with van der Waals surface area (Å²) in [5.74, 6) is 0. The summed E-state index contributed by atoms with van der Waals surface area (Å²) >= 11 is 3.41. The standard InChI is InChI=1S/C10H9BrN2O/c1-5-3-7-9(4-8(5)11)13-12-6(2)10(7)14/h3-4H,1-2H3,(H,13,14). The molecule has 0 aliphatic rings. The van der Waals surface area contributed by atoms with Crippen molar-refractivity contribution in [3.63, 3.8) is 0 Å². The van der Waals surface area contributed by atoms with Gasteiger partial charge in [-0.3, -0.25) is 9.89 Å². The first-order valence-electron chi connectivity index (χ1n) is 4.25. The smallest absolute Gasteiger partial charge is 0.210 e. The van der Waals surface area contributed by atoms with Gasteiger partial charge in [-0.1, -0.05) is 15.9 Å². The van der Waals surface area contributed by atoms with E-state index in [0.717, 1.165) is 15.6 Å². The highest BCUT2D eigenvalue weighted by Gasteiger charge is 2.04. The lowest BCUT2D eigenvalue weighted by atomic mass is 10.1. The van der Waals surface area contributed by atoms with Gasteiger partial charge in [0.2, 0.25) is 5.43 Å². The van der Waals surface area contributed by atoms with Crippen molar-refractivity contribution >= 4 is 26.8 Å². The van der Waals surface area contributed by atoms with Gasteiger partial charge >= 0.3 is 0 Å². The predicted molar refractivity (Wildman–Crippen MR) is 59.5 cm³/mol. The van der Waals surface area contributed by atoms with Crippen molar-refractivity contribution in [2.75, 3.05) is 0 Å². The van der Waals surface area contributed by atoms with E-state index in [1.165, 1.54) is 0 Å². The van der Waals surface area contributed by atoms with Crippen LogP contribution in [0.25, 0.3) is 10.9 Å². The molecule has 1 aromatic carbocycles. The predicted octanol–water partition coefficient (Wildman–Crippen LogP) is 2.30. The van der Waals surface area contributed by atoms with E-state index in [0.29, 0.717) is 11.1 Å². The van der Waals surface area contributed by atoms with Crippen LogP contribution < -0.4 is 5.43 Å². The highest BCUT2D eigenvalue weighted by Crippen LogP contribution is 2.20. The molecule has 0 saturated carbocycles. The van der Waals surface area contributed by atoms with Crippen molar-refractivity contribution < 1.29 is 0 Å². The molecule has 0 amide bonds. The van der Waals surface area contributed by atoms with Crippen LogP contribution in [0.15, 0.2) is 21.4 Å². The number of hydrogen-bond acceptors (Lipinski definition) is 2. The fraction of sp³-hybridized carbons (Fsp3) is 0.200. The van der Waals surface area contributed by atoms with Crippen LogP contribution >= 0.6 is 15.9 Å². The van der Waals surface area contributed by atoms with E-state index in [2.05, 4.69) is 26.1 Å². The maximum atomic E-state index is 11.7. The van der Waals surface area contributed by atoms with Gasteiger partial charge in [-0.2, -0.15) is 5.10 Å². The van der Waals surface area contributed by atoms with Crippen molar-refractivity contribution in [1.29, 1.82) is 0 Å². The summed E-state index contributed by atoms with van der Waals surface area (Å²) < 4.78 is 0.978. The lowest BCUT2D eigenvalue weighted by Gasteiger charge is -2.02. The van der Waals surface area contributed by atoms with E-state index in [9.17, 15) is 4.79 Å². The largest absolute Gasteiger partial charge is 0.287 e. The number of aromatic amines is 1. The molecule has 0 unspecified atom stereocenters. The molecule has 14 heavy (non-hydrogen) atoms. The summed E-state index contributed by atoms with van der Waals surface area (Å²) in [5, 5.41) is 7.46. The Bertz CT molecular complexity index is 560. The maximum absolute atomic E-state index is 11.7. The summed E-state index contributed by atoms with van der Waals surface area (Å²) in [6.07, 6.45) is 0. The van der Waals surface area contributed by atoms with Crippen LogP contribution in [-0.2, 0) is 0 Å². The van der Waals surface area contributed by atoms with Gasteiger partial charge in [0.1, 0.15) is 5.69 Å². The molecule has 0 radical (unpaired) electrons. The molecule has 1 N–H and O–H groups in total. The molecule has 1 heterocycles. The molecule has 0 fully saturated rings. The Balaban J connectivity index is 2.97. The first-order chi connectivity index (χ1) is 6.59. The molecule has 72 valence electrons. The zero-order valence-corrected chi connectivity index (χ0v) is 9.47. The monoisotopic (exact) mass is 252 g/mol. The molecule has 0 spiro atoms. The zero-order chi connectivity index (χ0) is 10.3. The number of halogens is 1. The molecule has 4 heteroatoms. The Morgan fingerprint density at radius 3 is 2.79 bits per heavy atom. The summed E-state index contributed by atoms with van der Waals surface area (Å²) in [5.41, 5.74) is 2.31. The molecular formula is C10H9BrN2O. The van der Waals surface area contributed by atoms with Crippen molar-refractivity contribution in [2.45, 2.75) is 13.8 Å². The Labute approximate surface area is 89.3 Å². The number of nitrogens with zero attached hydrogens (tertiary/aromatic N) is 1. The van der Waals surface area contributed by atoms with Crippen molar-refractivity contribution in [2.24, 2.45) is 0 Å². The summed E-state index contributed by atoms with van der Waals surface area (Å²) in [6.45, 7) is 3.66. The van der Waals surface area contributed by atoms with Crippen molar-refractivity contribution in [1.82, 2.24) is 10.2 Å². The van der Waals surface area contributed by atoms with Gasteiger partial charge in [-0.05, 0) is 31.5 Å². The molecule has 0 aliphatic carbocycles. The highest BCUT2D eigenvalue weighted by atomic mass is 79.9. The zero-order valence-electron chi connectivity index (χ0n) is 7.89. The minimum Gasteiger partial charge on any atom is -0.287 e. The van der Waals surface area contributed by atoms with Gasteiger partial charge in [0.25, 0.3) is 0 Å². The lowest BCUT2D eigenvalue weighted by molar-refractivity contribution is 1.00. The average Bonchev–Trinajstić information content (AvgIpc) is 2.15. The maximum Gasteiger partial charge on any atom is 0.210 e. The van der Waals surface area contributed by atoms with Gasteiger partial charge in [0.15, 0.2) is 0 Å². The fourth-order valence-electron chi connectivity index (χ4n) is 1.35. The van der Waals surface area contributed by atoms with Gasteiger partial charge < -0.3 is 0 Å². The van der Waals surface area contributed by atoms with Gasteiger partial charge in [0.05, 0.1) is 5.52 Å². The normalized spacial score (nSPS) is 10.8. The third-order valence-electron chi connectivity index (χ3n) is 2.22. The molecule has 2 aromatic rings. The number of nitrogens with one attached hydrogen (secondary N) is 1. The number of hydrogen-bond donors (Lipinski definition) is 1. The van der Waals surface area contributed by atoms with Crippen molar-refractivity contribution in [3.8, 4) is 0 Å². The number of benzene rings is 1. The minimum absolute atomic E-state index is 0.00523. The Morgan fingerprint density at radius 2 is 2.07 bits per heavy atom. The van der Waals surface area contributed by atoms with Crippen LogP contribution in [0.1, 0.15) is 11.3 Å². The first-order valence-corrected chi connectivity index (χ1v) is 5.04. The van der Waals surface area contributed by atoms with Gasteiger partial charge in [0, 0.05) is 9.86 Å². The van der Waals surface area contributed by atoms with Crippen LogP contribution in [0.5, 0.6) is 0 Å². The molecule has 3 nitrogen and oxygen atoms in total. The van der Waals surface area contributed by atoms with Gasteiger partial charge in [-0.25, -0.2) is 0 Å². The average molecular weight is 253 g/mol. The van der Waals surface area contributed by atoms with E-state index in [-0.39, 0.29) is 5.43 Å². The van der Waals surface area contributed by atoms with Crippen LogP contribution in [0.2, 0.25) is 0 Å². The number of H-pyrrole nitrogens is 1. The summed E-state index contributed by atoms with van der Waals surface area (Å²) in [7, 11) is 0. The molecular weight excluding hydrogens is 244 g/mol. The molecule has 0 atom stereocenters.